The van der Waals surface area contributed by atoms with Crippen LogP contribution < -0.4 is 15.4 Å². The number of amides is 2. The van der Waals surface area contributed by atoms with E-state index in [9.17, 15) is 22.8 Å². The summed E-state index contributed by atoms with van der Waals surface area (Å²) < 4.78 is 47.4. The average Bonchev–Trinajstić information content (AvgIpc) is 3.35. The van der Waals surface area contributed by atoms with Gasteiger partial charge in [-0.15, -0.1) is 10.2 Å². The quantitative estimate of drug-likeness (QED) is 0.224. The summed E-state index contributed by atoms with van der Waals surface area (Å²) in [6.07, 6.45) is -4.68. The zero-order valence-electron chi connectivity index (χ0n) is 22.6. The Kier molecular flexibility index (Phi) is 9.33. The first-order valence-corrected chi connectivity index (χ1v) is 13.7. The highest BCUT2D eigenvalue weighted by atomic mass is 32.2. The molecule has 0 spiro atoms. The van der Waals surface area contributed by atoms with Crippen molar-refractivity contribution in [1.82, 2.24) is 20.1 Å². The number of halogens is 3. The lowest BCUT2D eigenvalue weighted by Gasteiger charge is -2.14. The number of aromatic nitrogens is 3. The van der Waals surface area contributed by atoms with Crippen LogP contribution in [0.15, 0.2) is 71.9 Å². The first-order valence-electron chi connectivity index (χ1n) is 12.7. The van der Waals surface area contributed by atoms with Crippen molar-refractivity contribution < 1.29 is 27.5 Å². The maximum atomic E-state index is 13.4. The first-order chi connectivity index (χ1) is 19.6. The van der Waals surface area contributed by atoms with E-state index in [-0.39, 0.29) is 24.0 Å². The lowest BCUT2D eigenvalue weighted by molar-refractivity contribution is -0.138. The Bertz CT molecular complexity index is 1540. The van der Waals surface area contributed by atoms with Crippen molar-refractivity contribution in [2.24, 2.45) is 0 Å². The second-order valence-corrected chi connectivity index (χ2v) is 9.98. The molecule has 2 N–H and O–H groups in total. The van der Waals surface area contributed by atoms with Crippen molar-refractivity contribution in [1.29, 1.82) is 0 Å². The minimum absolute atomic E-state index is 0.0217. The van der Waals surface area contributed by atoms with Crippen molar-refractivity contribution in [3.63, 3.8) is 0 Å². The number of aryl methyl sites for hydroxylation is 2. The molecular formula is C29H28F3N5O3S. The fourth-order valence-corrected chi connectivity index (χ4v) is 4.77. The van der Waals surface area contributed by atoms with Gasteiger partial charge in [-0.3, -0.25) is 14.2 Å². The molecule has 0 aliphatic carbocycles. The number of rotatable bonds is 10. The fraction of sp³-hybridized carbons (Fsp3) is 0.241. The first kappa shape index (κ1) is 29.7. The number of thioether (sulfide) groups is 1. The highest BCUT2D eigenvalue weighted by molar-refractivity contribution is 7.99. The summed E-state index contributed by atoms with van der Waals surface area (Å²) in [5, 5.41) is 14.2. The largest absolute Gasteiger partial charge is 0.494 e. The van der Waals surface area contributed by atoms with Crippen LogP contribution in [-0.4, -0.2) is 38.9 Å². The van der Waals surface area contributed by atoms with Gasteiger partial charge in [0.1, 0.15) is 5.75 Å². The van der Waals surface area contributed by atoms with Gasteiger partial charge in [0.05, 0.1) is 30.0 Å². The van der Waals surface area contributed by atoms with E-state index in [1.54, 1.807) is 28.8 Å². The molecule has 1 aromatic heterocycles. The Labute approximate surface area is 239 Å². The number of ether oxygens (including phenoxy) is 1. The van der Waals surface area contributed by atoms with Crippen molar-refractivity contribution in [3.8, 4) is 11.4 Å². The Balaban J connectivity index is 1.55. The third kappa shape index (κ3) is 7.46. The molecule has 0 radical (unpaired) electrons. The molecule has 4 aromatic rings. The molecular weight excluding hydrogens is 555 g/mol. The summed E-state index contributed by atoms with van der Waals surface area (Å²) in [6, 6.07) is 17.4. The van der Waals surface area contributed by atoms with Crippen molar-refractivity contribution >= 4 is 29.3 Å². The maximum Gasteiger partial charge on any atom is 0.417 e. The summed E-state index contributed by atoms with van der Waals surface area (Å²) >= 11 is 1.14. The zero-order valence-corrected chi connectivity index (χ0v) is 23.4. The Hall–Kier alpha value is -4.32. The number of carbonyl (C=O) groups excluding carboxylic acids is 2. The van der Waals surface area contributed by atoms with Crippen LogP contribution in [0.25, 0.3) is 5.69 Å². The SMILES string of the molecule is CCOc1ccc(-n2c(CNC(=O)c3ccccc3C(F)(F)F)nnc2SCC(=O)Nc2cc(C)ccc2C)cc1. The van der Waals surface area contributed by atoms with Gasteiger partial charge < -0.3 is 15.4 Å². The molecule has 2 amide bonds. The molecule has 0 saturated heterocycles. The highest BCUT2D eigenvalue weighted by Crippen LogP contribution is 2.32. The summed E-state index contributed by atoms with van der Waals surface area (Å²) in [6.45, 7) is 5.98. The van der Waals surface area contributed by atoms with Gasteiger partial charge in [-0.2, -0.15) is 13.2 Å². The third-order valence-electron chi connectivity index (χ3n) is 5.99. The number of anilines is 1. The van der Waals surface area contributed by atoms with E-state index in [4.69, 9.17) is 4.74 Å². The molecule has 0 atom stereocenters. The van der Waals surface area contributed by atoms with Crippen LogP contribution in [0.4, 0.5) is 18.9 Å². The van der Waals surface area contributed by atoms with Gasteiger partial charge in [-0.05, 0) is 74.4 Å². The number of nitrogens with zero attached hydrogens (tertiary/aromatic N) is 3. The van der Waals surface area contributed by atoms with E-state index in [1.807, 2.05) is 39.0 Å². The lowest BCUT2D eigenvalue weighted by Crippen LogP contribution is -2.27. The Morgan fingerprint density at radius 1 is 1.00 bits per heavy atom. The number of hydrogen-bond acceptors (Lipinski definition) is 6. The fourth-order valence-electron chi connectivity index (χ4n) is 4.00. The van der Waals surface area contributed by atoms with Crippen molar-refractivity contribution in [3.05, 3.63) is 94.8 Å². The Morgan fingerprint density at radius 3 is 2.44 bits per heavy atom. The van der Waals surface area contributed by atoms with Gasteiger partial charge in [0, 0.05) is 11.4 Å². The van der Waals surface area contributed by atoms with Crippen LogP contribution in [0, 0.1) is 13.8 Å². The number of hydrogen-bond donors (Lipinski definition) is 2. The van der Waals surface area contributed by atoms with Crippen LogP contribution >= 0.6 is 11.8 Å². The van der Waals surface area contributed by atoms with E-state index in [1.165, 1.54) is 12.1 Å². The molecule has 3 aromatic carbocycles. The maximum absolute atomic E-state index is 13.4. The predicted molar refractivity (Wildman–Crippen MR) is 150 cm³/mol. The lowest BCUT2D eigenvalue weighted by atomic mass is 10.1. The third-order valence-corrected chi connectivity index (χ3v) is 6.92. The predicted octanol–water partition coefficient (Wildman–Crippen LogP) is 5.96. The molecule has 214 valence electrons. The number of carbonyl (C=O) groups is 2. The smallest absolute Gasteiger partial charge is 0.417 e. The van der Waals surface area contributed by atoms with Gasteiger partial charge in [0.15, 0.2) is 11.0 Å². The molecule has 0 bridgehead atoms. The highest BCUT2D eigenvalue weighted by Gasteiger charge is 2.34. The van der Waals surface area contributed by atoms with Gasteiger partial charge in [0.2, 0.25) is 5.91 Å². The normalized spacial score (nSPS) is 11.3. The monoisotopic (exact) mass is 583 g/mol. The van der Waals surface area contributed by atoms with Crippen LogP contribution in [0.5, 0.6) is 5.75 Å². The van der Waals surface area contributed by atoms with Crippen LogP contribution in [0.1, 0.15) is 39.8 Å². The van der Waals surface area contributed by atoms with E-state index in [0.29, 0.717) is 28.9 Å². The molecule has 41 heavy (non-hydrogen) atoms. The topological polar surface area (TPSA) is 98.1 Å². The van der Waals surface area contributed by atoms with E-state index in [0.717, 1.165) is 35.0 Å². The van der Waals surface area contributed by atoms with Gasteiger partial charge in [0.25, 0.3) is 5.91 Å². The number of nitrogens with one attached hydrogen (secondary N) is 2. The molecule has 12 heteroatoms. The second kappa shape index (κ2) is 12.9. The summed E-state index contributed by atoms with van der Waals surface area (Å²) in [7, 11) is 0. The molecule has 0 fully saturated rings. The molecule has 0 aliphatic rings. The van der Waals surface area contributed by atoms with Crippen molar-refractivity contribution in [2.45, 2.75) is 38.6 Å². The zero-order chi connectivity index (χ0) is 29.6. The van der Waals surface area contributed by atoms with Gasteiger partial charge in [-0.25, -0.2) is 0 Å². The average molecular weight is 584 g/mol. The van der Waals surface area contributed by atoms with Crippen LogP contribution in [0.3, 0.4) is 0 Å². The molecule has 0 saturated carbocycles. The van der Waals surface area contributed by atoms with Crippen LogP contribution in [0.2, 0.25) is 0 Å². The van der Waals surface area contributed by atoms with E-state index < -0.39 is 23.2 Å². The van der Waals surface area contributed by atoms with Crippen LogP contribution in [-0.2, 0) is 17.5 Å². The summed E-state index contributed by atoms with van der Waals surface area (Å²) in [5.41, 5.74) is 1.75. The standard InChI is InChI=1S/C29H28F3N5O3S/c1-4-40-21-13-11-20(12-14-21)37-25(16-33-27(39)22-7-5-6-8-23(22)29(30,31)32)35-36-28(37)41-17-26(38)34-24-15-18(2)9-10-19(24)3/h5-15H,4,16-17H2,1-3H3,(H,33,39)(H,34,38). The van der Waals surface area contributed by atoms with Gasteiger partial charge in [-0.1, -0.05) is 36.0 Å². The van der Waals surface area contributed by atoms with E-state index >= 15 is 0 Å². The second-order valence-electron chi connectivity index (χ2n) is 9.04. The Morgan fingerprint density at radius 2 is 1.73 bits per heavy atom. The molecule has 4 rings (SSSR count). The minimum atomic E-state index is -4.68. The molecule has 1 heterocycles. The summed E-state index contributed by atoms with van der Waals surface area (Å²) in [4.78, 5) is 25.5. The number of benzene rings is 3. The van der Waals surface area contributed by atoms with Crippen molar-refractivity contribution in [2.75, 3.05) is 17.7 Å². The summed E-state index contributed by atoms with van der Waals surface area (Å²) in [5.74, 6) is -0.215. The number of alkyl halides is 3. The minimum Gasteiger partial charge on any atom is -0.494 e. The molecule has 8 nitrogen and oxygen atoms in total. The van der Waals surface area contributed by atoms with Gasteiger partial charge >= 0.3 is 6.18 Å². The van der Waals surface area contributed by atoms with E-state index in [2.05, 4.69) is 20.8 Å². The molecule has 0 unspecified atom stereocenters. The molecule has 0 aliphatic heterocycles.